The number of hydrogen-bond donors (Lipinski definition) is 1. The van der Waals surface area contributed by atoms with Gasteiger partial charge in [-0.1, -0.05) is 15.9 Å². The number of carbonyl (C=O) groups is 1. The normalized spacial score (nSPS) is 23.4. The Morgan fingerprint density at radius 2 is 2.05 bits per heavy atom. The largest absolute Gasteiger partial charge is 0.332 e. The molecule has 1 N–H and O–H groups in total. The van der Waals surface area contributed by atoms with E-state index in [1.807, 2.05) is 36.2 Å². The first-order valence-corrected chi connectivity index (χ1v) is 7.58. The summed E-state index contributed by atoms with van der Waals surface area (Å²) in [6, 6.07) is 7.63. The van der Waals surface area contributed by atoms with Crippen LogP contribution >= 0.6 is 15.9 Å². The first kappa shape index (κ1) is 14.5. The molecule has 1 unspecified atom stereocenters. The topological polar surface area (TPSA) is 32.3 Å². The first-order chi connectivity index (χ1) is 9.07. The molecule has 0 saturated carbocycles. The Balaban J connectivity index is 2.22. The van der Waals surface area contributed by atoms with Crippen molar-refractivity contribution in [3.63, 3.8) is 0 Å². The average Bonchev–Trinajstić information content (AvgIpc) is 2.39. The minimum atomic E-state index is -0.0723. The predicted octanol–water partition coefficient (Wildman–Crippen LogP) is 3.05. The van der Waals surface area contributed by atoms with Gasteiger partial charge in [-0.3, -0.25) is 4.79 Å². The van der Waals surface area contributed by atoms with Crippen LogP contribution in [0, 0.1) is 0 Å². The third kappa shape index (κ3) is 3.18. The number of rotatable bonds is 3. The number of amides is 1. The van der Waals surface area contributed by atoms with E-state index in [-0.39, 0.29) is 11.4 Å². The maximum atomic E-state index is 12.7. The van der Waals surface area contributed by atoms with Gasteiger partial charge in [-0.25, -0.2) is 0 Å². The molecular weight excluding hydrogens is 304 g/mol. The van der Waals surface area contributed by atoms with E-state index >= 15 is 0 Å². The van der Waals surface area contributed by atoms with E-state index in [1.54, 1.807) is 0 Å². The molecule has 0 radical (unpaired) electrons. The summed E-state index contributed by atoms with van der Waals surface area (Å²) in [5, 5.41) is 3.22. The van der Waals surface area contributed by atoms with E-state index in [1.165, 1.54) is 6.42 Å². The quantitative estimate of drug-likeness (QED) is 0.926. The molecule has 0 spiro atoms. The number of likely N-dealkylation sites (tertiary alicyclic amines) is 1. The van der Waals surface area contributed by atoms with Crippen LogP contribution in [0.4, 0.5) is 0 Å². The zero-order valence-corrected chi connectivity index (χ0v) is 13.2. The van der Waals surface area contributed by atoms with Crippen molar-refractivity contribution in [3.8, 4) is 0 Å². The molecular formula is C15H21BrN2O. The highest BCUT2D eigenvalue weighted by molar-refractivity contribution is 9.10. The van der Waals surface area contributed by atoms with Crippen molar-refractivity contribution in [2.75, 3.05) is 20.1 Å². The third-order valence-electron chi connectivity index (χ3n) is 3.89. The number of nitrogens with zero attached hydrogens (tertiary/aromatic N) is 1. The molecule has 0 aromatic heterocycles. The minimum Gasteiger partial charge on any atom is -0.332 e. The van der Waals surface area contributed by atoms with Gasteiger partial charge in [0.1, 0.15) is 0 Å². The summed E-state index contributed by atoms with van der Waals surface area (Å²) in [5.74, 6) is 0.143. The van der Waals surface area contributed by atoms with Gasteiger partial charge in [-0.2, -0.15) is 0 Å². The average molecular weight is 325 g/mol. The zero-order chi connectivity index (χ0) is 13.9. The van der Waals surface area contributed by atoms with Crippen molar-refractivity contribution in [1.29, 1.82) is 0 Å². The molecule has 0 aliphatic carbocycles. The monoisotopic (exact) mass is 324 g/mol. The fourth-order valence-electron chi connectivity index (χ4n) is 2.84. The van der Waals surface area contributed by atoms with E-state index in [0.29, 0.717) is 0 Å². The lowest BCUT2D eigenvalue weighted by Crippen LogP contribution is -2.57. The molecule has 1 heterocycles. The molecule has 1 aliphatic rings. The van der Waals surface area contributed by atoms with E-state index in [9.17, 15) is 4.79 Å². The van der Waals surface area contributed by atoms with Crippen molar-refractivity contribution in [2.45, 2.75) is 31.7 Å². The standard InChI is InChI=1S/C15H21BrN2O/c1-15(11-17-2)9-3-4-10-18(15)14(19)12-5-7-13(16)8-6-12/h5-8,17H,3-4,9-11H2,1-2H3. The van der Waals surface area contributed by atoms with Gasteiger partial charge in [0.05, 0.1) is 5.54 Å². The molecule has 3 nitrogen and oxygen atoms in total. The Morgan fingerprint density at radius 3 is 2.68 bits per heavy atom. The van der Waals surface area contributed by atoms with Crippen LogP contribution in [0.1, 0.15) is 36.5 Å². The van der Waals surface area contributed by atoms with Crippen LogP contribution in [0.2, 0.25) is 0 Å². The van der Waals surface area contributed by atoms with Gasteiger partial charge in [-0.15, -0.1) is 0 Å². The van der Waals surface area contributed by atoms with Crippen LogP contribution in [0.25, 0.3) is 0 Å². The summed E-state index contributed by atoms with van der Waals surface area (Å²) in [6.45, 7) is 3.88. The highest BCUT2D eigenvalue weighted by Gasteiger charge is 2.37. The van der Waals surface area contributed by atoms with Gasteiger partial charge in [0.15, 0.2) is 0 Å². The maximum absolute atomic E-state index is 12.7. The molecule has 1 atom stereocenters. The van der Waals surface area contributed by atoms with E-state index < -0.39 is 0 Å². The lowest BCUT2D eigenvalue weighted by Gasteiger charge is -2.45. The number of piperidine rings is 1. The number of likely N-dealkylation sites (N-methyl/N-ethyl adjacent to an activating group) is 1. The Kier molecular flexibility index (Phi) is 4.63. The summed E-state index contributed by atoms with van der Waals surface area (Å²) < 4.78 is 1.00. The highest BCUT2D eigenvalue weighted by Crippen LogP contribution is 2.29. The van der Waals surface area contributed by atoms with Crippen LogP contribution in [0.3, 0.4) is 0 Å². The third-order valence-corrected chi connectivity index (χ3v) is 4.42. The molecule has 1 saturated heterocycles. The molecule has 1 aromatic rings. The van der Waals surface area contributed by atoms with Gasteiger partial charge in [0, 0.05) is 23.1 Å². The maximum Gasteiger partial charge on any atom is 0.254 e. The Hall–Kier alpha value is -0.870. The zero-order valence-electron chi connectivity index (χ0n) is 11.6. The number of carbonyl (C=O) groups excluding carboxylic acids is 1. The van der Waals surface area contributed by atoms with Crippen LogP contribution in [0.5, 0.6) is 0 Å². The van der Waals surface area contributed by atoms with Crippen LogP contribution in [0.15, 0.2) is 28.7 Å². The SMILES string of the molecule is CNCC1(C)CCCCN1C(=O)c1ccc(Br)cc1. The number of benzene rings is 1. The fourth-order valence-corrected chi connectivity index (χ4v) is 3.10. The van der Waals surface area contributed by atoms with Crippen LogP contribution in [-0.2, 0) is 0 Å². The molecule has 4 heteroatoms. The van der Waals surface area contributed by atoms with E-state index in [2.05, 4.69) is 28.2 Å². The minimum absolute atomic E-state index is 0.0723. The molecule has 104 valence electrons. The summed E-state index contributed by atoms with van der Waals surface area (Å²) in [6.07, 6.45) is 3.36. The van der Waals surface area contributed by atoms with Crippen molar-refractivity contribution in [3.05, 3.63) is 34.3 Å². The predicted molar refractivity (Wildman–Crippen MR) is 81.4 cm³/mol. The summed E-state index contributed by atoms with van der Waals surface area (Å²) in [4.78, 5) is 14.7. The van der Waals surface area contributed by atoms with Gasteiger partial charge < -0.3 is 10.2 Å². The molecule has 1 aliphatic heterocycles. The molecule has 2 rings (SSSR count). The van der Waals surface area contributed by atoms with Crippen molar-refractivity contribution in [2.24, 2.45) is 0 Å². The van der Waals surface area contributed by atoms with Gasteiger partial charge in [0.2, 0.25) is 0 Å². The van der Waals surface area contributed by atoms with Gasteiger partial charge in [0.25, 0.3) is 5.91 Å². The van der Waals surface area contributed by atoms with Crippen LogP contribution in [-0.4, -0.2) is 36.5 Å². The number of hydrogen-bond acceptors (Lipinski definition) is 2. The van der Waals surface area contributed by atoms with E-state index in [4.69, 9.17) is 0 Å². The van der Waals surface area contributed by atoms with E-state index in [0.717, 1.165) is 36.0 Å². The number of halogens is 1. The second kappa shape index (κ2) is 6.06. The molecule has 1 fully saturated rings. The summed E-state index contributed by atoms with van der Waals surface area (Å²) >= 11 is 3.40. The lowest BCUT2D eigenvalue weighted by atomic mass is 9.87. The molecule has 19 heavy (non-hydrogen) atoms. The second-order valence-electron chi connectivity index (χ2n) is 5.45. The fraction of sp³-hybridized carbons (Fsp3) is 0.533. The van der Waals surface area contributed by atoms with Crippen LogP contribution < -0.4 is 5.32 Å². The molecule has 0 bridgehead atoms. The first-order valence-electron chi connectivity index (χ1n) is 6.79. The van der Waals surface area contributed by atoms with Crippen molar-refractivity contribution < 1.29 is 4.79 Å². The lowest BCUT2D eigenvalue weighted by molar-refractivity contribution is 0.0382. The van der Waals surface area contributed by atoms with Crippen molar-refractivity contribution >= 4 is 21.8 Å². The highest BCUT2D eigenvalue weighted by atomic mass is 79.9. The van der Waals surface area contributed by atoms with Gasteiger partial charge >= 0.3 is 0 Å². The Morgan fingerprint density at radius 1 is 1.37 bits per heavy atom. The number of nitrogens with one attached hydrogen (secondary N) is 1. The second-order valence-corrected chi connectivity index (χ2v) is 6.36. The molecule has 1 aromatic carbocycles. The Bertz CT molecular complexity index is 442. The van der Waals surface area contributed by atoms with Gasteiger partial charge in [-0.05, 0) is 57.5 Å². The van der Waals surface area contributed by atoms with Crippen molar-refractivity contribution in [1.82, 2.24) is 10.2 Å². The summed E-state index contributed by atoms with van der Waals surface area (Å²) in [7, 11) is 1.95. The smallest absolute Gasteiger partial charge is 0.254 e. The Labute approximate surface area is 123 Å². The summed E-state index contributed by atoms with van der Waals surface area (Å²) in [5.41, 5.74) is 0.699. The molecule has 1 amide bonds.